The van der Waals surface area contributed by atoms with Crippen LogP contribution in [0.1, 0.15) is 42.9 Å². The number of esters is 1. The average Bonchev–Trinajstić information content (AvgIpc) is 2.54. The number of aliphatic hydroxyl groups excluding tert-OH is 1. The van der Waals surface area contributed by atoms with E-state index in [-0.39, 0.29) is 6.61 Å². The number of hydrogen-bond acceptors (Lipinski definition) is 5. The molecule has 0 bridgehead atoms. The Balaban J connectivity index is 2.26. The Bertz CT molecular complexity index is 483. The van der Waals surface area contributed by atoms with Crippen LogP contribution in [0.25, 0.3) is 0 Å². The van der Waals surface area contributed by atoms with Gasteiger partial charge in [-0.25, -0.2) is 4.79 Å². The molecule has 0 saturated carbocycles. The van der Waals surface area contributed by atoms with Crippen LogP contribution in [0.15, 0.2) is 18.2 Å². The Morgan fingerprint density at radius 1 is 1.43 bits per heavy atom. The topological polar surface area (TPSA) is 55.8 Å². The van der Waals surface area contributed by atoms with Crippen LogP contribution in [0.4, 0.5) is 0 Å². The van der Waals surface area contributed by atoms with Crippen molar-refractivity contribution in [1.29, 1.82) is 0 Å². The van der Waals surface area contributed by atoms with Gasteiger partial charge < -0.3 is 14.6 Å². The number of thioether (sulfide) groups is 1. The van der Waals surface area contributed by atoms with E-state index >= 15 is 0 Å². The molecule has 5 heteroatoms. The highest BCUT2D eigenvalue weighted by Gasteiger charge is 2.25. The van der Waals surface area contributed by atoms with Gasteiger partial charge in [0.2, 0.25) is 0 Å². The second-order valence-electron chi connectivity index (χ2n) is 5.04. The minimum atomic E-state index is -1.29. The zero-order valence-electron chi connectivity index (χ0n) is 12.5. The van der Waals surface area contributed by atoms with Gasteiger partial charge in [0, 0.05) is 5.56 Å². The second-order valence-corrected chi connectivity index (χ2v) is 6.27. The van der Waals surface area contributed by atoms with Crippen molar-refractivity contribution in [3.8, 4) is 5.75 Å². The lowest BCUT2D eigenvalue weighted by Crippen LogP contribution is -2.17. The standard InChI is InChI=1S/C16H22O4S/c1-3-20-16(18)15(17)13-10-12(4-5-14(13)19-2)11-6-8-21-9-7-11/h4-5,10-11,15,17H,3,6-9H2,1-2H3. The first kappa shape index (κ1) is 16.2. The Kier molecular flexibility index (Phi) is 5.94. The van der Waals surface area contributed by atoms with Crippen molar-refractivity contribution in [2.24, 2.45) is 0 Å². The maximum Gasteiger partial charge on any atom is 0.339 e. The summed E-state index contributed by atoms with van der Waals surface area (Å²) in [4.78, 5) is 11.8. The molecule has 0 aliphatic carbocycles. The molecule has 1 aliphatic rings. The molecule has 116 valence electrons. The van der Waals surface area contributed by atoms with E-state index < -0.39 is 12.1 Å². The summed E-state index contributed by atoms with van der Waals surface area (Å²) in [6.07, 6.45) is 0.968. The summed E-state index contributed by atoms with van der Waals surface area (Å²) in [5.41, 5.74) is 1.65. The first-order chi connectivity index (χ1) is 10.2. The molecule has 0 aromatic heterocycles. The number of carbonyl (C=O) groups excluding carboxylic acids is 1. The van der Waals surface area contributed by atoms with Crippen LogP contribution < -0.4 is 4.74 Å². The SMILES string of the molecule is CCOC(=O)C(O)c1cc(C2CCSCC2)ccc1OC. The van der Waals surface area contributed by atoms with Crippen molar-refractivity contribution in [3.05, 3.63) is 29.3 Å². The lowest BCUT2D eigenvalue weighted by molar-refractivity contribution is -0.153. The van der Waals surface area contributed by atoms with E-state index in [1.54, 1.807) is 6.92 Å². The fourth-order valence-electron chi connectivity index (χ4n) is 2.60. The maximum absolute atomic E-state index is 11.8. The molecule has 1 aliphatic heterocycles. The van der Waals surface area contributed by atoms with Gasteiger partial charge in [-0.15, -0.1) is 0 Å². The number of rotatable bonds is 5. The number of methoxy groups -OCH3 is 1. The minimum Gasteiger partial charge on any atom is -0.496 e. The molecule has 1 aromatic carbocycles. The van der Waals surface area contributed by atoms with Gasteiger partial charge in [-0.2, -0.15) is 11.8 Å². The maximum atomic E-state index is 11.8. The van der Waals surface area contributed by atoms with E-state index in [0.29, 0.717) is 17.2 Å². The molecule has 1 fully saturated rings. The number of ether oxygens (including phenoxy) is 2. The zero-order valence-corrected chi connectivity index (χ0v) is 13.3. The van der Waals surface area contributed by atoms with E-state index in [9.17, 15) is 9.90 Å². The second kappa shape index (κ2) is 7.71. The highest BCUT2D eigenvalue weighted by atomic mass is 32.2. The van der Waals surface area contributed by atoms with Crippen LogP contribution in [0.3, 0.4) is 0 Å². The molecule has 0 radical (unpaired) electrons. The first-order valence-corrected chi connectivity index (χ1v) is 8.43. The molecule has 1 saturated heterocycles. The Labute approximate surface area is 129 Å². The number of hydrogen-bond donors (Lipinski definition) is 1. The van der Waals surface area contributed by atoms with Crippen molar-refractivity contribution < 1.29 is 19.4 Å². The molecule has 1 unspecified atom stereocenters. The van der Waals surface area contributed by atoms with Crippen LogP contribution in [-0.2, 0) is 9.53 Å². The van der Waals surface area contributed by atoms with E-state index in [1.807, 2.05) is 30.0 Å². The Morgan fingerprint density at radius 3 is 2.76 bits per heavy atom. The van der Waals surface area contributed by atoms with Crippen molar-refractivity contribution >= 4 is 17.7 Å². The van der Waals surface area contributed by atoms with E-state index in [1.165, 1.54) is 7.11 Å². The quantitative estimate of drug-likeness (QED) is 0.848. The largest absolute Gasteiger partial charge is 0.496 e. The molecule has 0 amide bonds. The van der Waals surface area contributed by atoms with Gasteiger partial charge in [0.05, 0.1) is 13.7 Å². The minimum absolute atomic E-state index is 0.248. The summed E-state index contributed by atoms with van der Waals surface area (Å²) in [6.45, 7) is 1.97. The summed E-state index contributed by atoms with van der Waals surface area (Å²) < 4.78 is 10.2. The molecule has 4 nitrogen and oxygen atoms in total. The van der Waals surface area contributed by atoms with Crippen LogP contribution in [-0.4, -0.2) is 36.3 Å². The summed E-state index contributed by atoms with van der Waals surface area (Å²) in [5, 5.41) is 10.2. The van der Waals surface area contributed by atoms with Crippen molar-refractivity contribution in [2.75, 3.05) is 25.2 Å². The summed E-state index contributed by atoms with van der Waals surface area (Å²) in [6, 6.07) is 5.75. The highest BCUT2D eigenvalue weighted by molar-refractivity contribution is 7.99. The molecule has 1 atom stereocenters. The zero-order chi connectivity index (χ0) is 15.2. The van der Waals surface area contributed by atoms with Gasteiger partial charge >= 0.3 is 5.97 Å². The van der Waals surface area contributed by atoms with Gasteiger partial charge in [0.15, 0.2) is 6.10 Å². The first-order valence-electron chi connectivity index (χ1n) is 7.27. The van der Waals surface area contributed by atoms with Gasteiger partial charge in [-0.05, 0) is 54.9 Å². The van der Waals surface area contributed by atoms with Crippen LogP contribution in [0, 0.1) is 0 Å². The van der Waals surface area contributed by atoms with Gasteiger partial charge in [0.25, 0.3) is 0 Å². The van der Waals surface area contributed by atoms with Gasteiger partial charge in [-0.1, -0.05) is 6.07 Å². The van der Waals surface area contributed by atoms with Crippen molar-refractivity contribution in [2.45, 2.75) is 31.8 Å². The fraction of sp³-hybridized carbons (Fsp3) is 0.562. The number of aliphatic hydroxyl groups is 1. The third-order valence-electron chi connectivity index (χ3n) is 3.75. The van der Waals surface area contributed by atoms with Crippen LogP contribution in [0.5, 0.6) is 5.75 Å². The normalized spacial score (nSPS) is 17.3. The smallest absolute Gasteiger partial charge is 0.339 e. The molecular weight excluding hydrogens is 288 g/mol. The van der Waals surface area contributed by atoms with Crippen molar-refractivity contribution in [1.82, 2.24) is 0 Å². The number of carbonyl (C=O) groups is 1. The summed E-state index contributed by atoms with van der Waals surface area (Å²) in [5.74, 6) is 2.70. The average molecular weight is 310 g/mol. The molecule has 0 spiro atoms. The molecule has 1 heterocycles. The van der Waals surface area contributed by atoms with E-state index in [2.05, 4.69) is 0 Å². The van der Waals surface area contributed by atoms with Crippen molar-refractivity contribution in [3.63, 3.8) is 0 Å². The fourth-order valence-corrected chi connectivity index (χ4v) is 3.71. The molecule has 21 heavy (non-hydrogen) atoms. The third kappa shape index (κ3) is 3.92. The van der Waals surface area contributed by atoms with Crippen LogP contribution >= 0.6 is 11.8 Å². The molecule has 2 rings (SSSR count). The van der Waals surface area contributed by atoms with E-state index in [0.717, 1.165) is 29.9 Å². The Morgan fingerprint density at radius 2 is 2.14 bits per heavy atom. The number of benzene rings is 1. The lowest BCUT2D eigenvalue weighted by Gasteiger charge is -2.23. The Hall–Kier alpha value is -1.20. The predicted molar refractivity (Wildman–Crippen MR) is 83.9 cm³/mol. The summed E-state index contributed by atoms with van der Waals surface area (Å²) in [7, 11) is 1.54. The third-order valence-corrected chi connectivity index (χ3v) is 4.80. The molecule has 1 N–H and O–H groups in total. The molecular formula is C16H22O4S. The monoisotopic (exact) mass is 310 g/mol. The van der Waals surface area contributed by atoms with Gasteiger partial charge in [-0.3, -0.25) is 0 Å². The van der Waals surface area contributed by atoms with Crippen LogP contribution in [0.2, 0.25) is 0 Å². The van der Waals surface area contributed by atoms with Gasteiger partial charge in [0.1, 0.15) is 5.75 Å². The molecule has 1 aromatic rings. The predicted octanol–water partition coefficient (Wildman–Crippen LogP) is 2.90. The highest BCUT2D eigenvalue weighted by Crippen LogP contribution is 2.35. The summed E-state index contributed by atoms with van der Waals surface area (Å²) >= 11 is 1.97. The lowest BCUT2D eigenvalue weighted by atomic mass is 9.91. The van der Waals surface area contributed by atoms with E-state index in [4.69, 9.17) is 9.47 Å².